The van der Waals surface area contributed by atoms with Gasteiger partial charge in [0, 0.05) is 31.2 Å². The lowest BCUT2D eigenvalue weighted by Gasteiger charge is -2.34. The number of carbonyl (C=O) groups excluding carboxylic acids is 1. The lowest BCUT2D eigenvalue weighted by atomic mass is 10.1. The minimum Gasteiger partial charge on any atom is -0.490 e. The fourth-order valence-corrected chi connectivity index (χ4v) is 2.61. The number of benzene rings is 1. The summed E-state index contributed by atoms with van der Waals surface area (Å²) < 4.78 is 11.5. The molecule has 0 bridgehead atoms. The molecule has 1 aliphatic heterocycles. The van der Waals surface area contributed by atoms with E-state index in [9.17, 15) is 4.79 Å². The number of halogens is 1. The van der Waals surface area contributed by atoms with Crippen molar-refractivity contribution in [1.82, 2.24) is 10.2 Å². The largest absolute Gasteiger partial charge is 0.490 e. The van der Waals surface area contributed by atoms with E-state index in [1.165, 1.54) is 0 Å². The molecule has 0 spiro atoms. The predicted octanol–water partition coefficient (Wildman–Crippen LogP) is 3.12. The van der Waals surface area contributed by atoms with E-state index in [4.69, 9.17) is 9.47 Å². The number of nitrogens with zero attached hydrogens (tertiary/aromatic N) is 1. The summed E-state index contributed by atoms with van der Waals surface area (Å²) >= 11 is 0. The molecular weight excluding hydrogens is 328 g/mol. The van der Waals surface area contributed by atoms with Crippen LogP contribution >= 0.6 is 12.4 Å². The van der Waals surface area contributed by atoms with Crippen LogP contribution in [0.4, 0.5) is 0 Å². The Bertz CT molecular complexity index is 525. The van der Waals surface area contributed by atoms with Crippen LogP contribution in [0.5, 0.6) is 11.5 Å². The van der Waals surface area contributed by atoms with Gasteiger partial charge in [-0.25, -0.2) is 0 Å². The highest BCUT2D eigenvalue weighted by Crippen LogP contribution is 2.29. The maximum absolute atomic E-state index is 12.8. The van der Waals surface area contributed by atoms with Crippen LogP contribution in [0.2, 0.25) is 0 Å². The minimum absolute atomic E-state index is 0. The van der Waals surface area contributed by atoms with Crippen LogP contribution in [-0.4, -0.2) is 49.7 Å². The van der Waals surface area contributed by atoms with E-state index in [-0.39, 0.29) is 24.4 Å². The van der Waals surface area contributed by atoms with Gasteiger partial charge in [0.05, 0.1) is 13.2 Å². The predicted molar refractivity (Wildman–Crippen MR) is 98.6 cm³/mol. The maximum Gasteiger partial charge on any atom is 0.254 e. The van der Waals surface area contributed by atoms with E-state index in [0.29, 0.717) is 30.3 Å². The van der Waals surface area contributed by atoms with Crippen molar-refractivity contribution in [2.45, 2.75) is 39.7 Å². The number of ether oxygens (including phenoxy) is 2. The van der Waals surface area contributed by atoms with Gasteiger partial charge in [-0.3, -0.25) is 4.79 Å². The molecule has 1 aromatic rings. The highest BCUT2D eigenvalue weighted by molar-refractivity contribution is 5.95. The maximum atomic E-state index is 12.8. The molecule has 1 fully saturated rings. The normalized spacial score (nSPS) is 17.1. The summed E-state index contributed by atoms with van der Waals surface area (Å²) in [4.78, 5) is 14.7. The number of rotatable bonds is 7. The second kappa shape index (κ2) is 10.4. The van der Waals surface area contributed by atoms with Crippen molar-refractivity contribution in [1.29, 1.82) is 0 Å². The number of hydrogen-bond acceptors (Lipinski definition) is 4. The zero-order chi connectivity index (χ0) is 16.7. The van der Waals surface area contributed by atoms with E-state index < -0.39 is 0 Å². The number of piperazine rings is 1. The van der Waals surface area contributed by atoms with Crippen LogP contribution in [0.3, 0.4) is 0 Å². The van der Waals surface area contributed by atoms with Crippen molar-refractivity contribution < 1.29 is 14.3 Å². The highest BCUT2D eigenvalue weighted by Gasteiger charge is 2.24. The van der Waals surface area contributed by atoms with Gasteiger partial charge in [0.25, 0.3) is 5.91 Å². The van der Waals surface area contributed by atoms with Crippen molar-refractivity contribution in [3.05, 3.63) is 23.8 Å². The molecule has 0 radical (unpaired) electrons. The molecule has 1 heterocycles. The van der Waals surface area contributed by atoms with E-state index in [0.717, 1.165) is 32.5 Å². The molecule has 1 amide bonds. The van der Waals surface area contributed by atoms with E-state index >= 15 is 0 Å². The van der Waals surface area contributed by atoms with Gasteiger partial charge in [-0.2, -0.15) is 0 Å². The summed E-state index contributed by atoms with van der Waals surface area (Å²) in [5.41, 5.74) is 0.661. The van der Waals surface area contributed by atoms with Gasteiger partial charge in [0.2, 0.25) is 0 Å². The molecule has 24 heavy (non-hydrogen) atoms. The first-order valence-electron chi connectivity index (χ1n) is 8.58. The third kappa shape index (κ3) is 5.28. The summed E-state index contributed by atoms with van der Waals surface area (Å²) in [6.07, 6.45) is 1.85. The number of amides is 1. The van der Waals surface area contributed by atoms with Crippen LogP contribution < -0.4 is 14.8 Å². The topological polar surface area (TPSA) is 50.8 Å². The molecule has 1 saturated heterocycles. The first-order valence-corrected chi connectivity index (χ1v) is 8.58. The molecule has 1 aliphatic rings. The fraction of sp³-hybridized carbons (Fsp3) is 0.611. The molecule has 2 rings (SSSR count). The third-order valence-corrected chi connectivity index (χ3v) is 3.88. The van der Waals surface area contributed by atoms with Gasteiger partial charge in [-0.15, -0.1) is 12.4 Å². The van der Waals surface area contributed by atoms with Crippen LogP contribution in [-0.2, 0) is 0 Å². The van der Waals surface area contributed by atoms with Gasteiger partial charge in [0.15, 0.2) is 11.5 Å². The molecule has 136 valence electrons. The number of nitrogens with one attached hydrogen (secondary N) is 1. The Labute approximate surface area is 151 Å². The summed E-state index contributed by atoms with van der Waals surface area (Å²) in [5.74, 6) is 1.43. The summed E-state index contributed by atoms with van der Waals surface area (Å²) in [5, 5.41) is 3.30. The Balaban J connectivity index is 0.00000288. The van der Waals surface area contributed by atoms with Crippen LogP contribution in [0.15, 0.2) is 18.2 Å². The molecule has 1 unspecified atom stereocenters. The van der Waals surface area contributed by atoms with Gasteiger partial charge in [-0.1, -0.05) is 13.8 Å². The van der Waals surface area contributed by atoms with Crippen molar-refractivity contribution in [3.8, 4) is 11.5 Å². The Morgan fingerprint density at radius 3 is 2.50 bits per heavy atom. The Morgan fingerprint density at radius 2 is 1.88 bits per heavy atom. The molecule has 1 aromatic carbocycles. The van der Waals surface area contributed by atoms with Gasteiger partial charge in [-0.05, 0) is 38.0 Å². The van der Waals surface area contributed by atoms with E-state index in [1.54, 1.807) is 0 Å². The first-order chi connectivity index (χ1) is 11.2. The van der Waals surface area contributed by atoms with Gasteiger partial charge in [0.1, 0.15) is 0 Å². The molecule has 0 saturated carbocycles. The van der Waals surface area contributed by atoms with E-state index in [2.05, 4.69) is 26.1 Å². The summed E-state index contributed by atoms with van der Waals surface area (Å²) in [6, 6.07) is 5.70. The molecule has 0 aromatic heterocycles. The van der Waals surface area contributed by atoms with Crippen molar-refractivity contribution in [2.24, 2.45) is 0 Å². The quantitative estimate of drug-likeness (QED) is 0.815. The average Bonchev–Trinajstić information content (AvgIpc) is 2.58. The molecule has 1 atom stereocenters. The second-order valence-electron chi connectivity index (χ2n) is 5.91. The third-order valence-electron chi connectivity index (χ3n) is 3.88. The zero-order valence-electron chi connectivity index (χ0n) is 14.8. The molecule has 0 aliphatic carbocycles. The molecule has 1 N–H and O–H groups in total. The van der Waals surface area contributed by atoms with E-state index in [1.807, 2.05) is 23.1 Å². The standard InChI is InChI=1S/C18H28N2O3.ClH/c1-4-10-22-16-7-6-15(12-17(16)23-11-5-2)18(21)20-9-8-19-13-14(20)3;/h6-7,12,14,19H,4-5,8-11,13H2,1-3H3;1H. The van der Waals surface area contributed by atoms with Crippen molar-refractivity contribution >= 4 is 18.3 Å². The average molecular weight is 357 g/mol. The fourth-order valence-electron chi connectivity index (χ4n) is 2.61. The van der Waals surface area contributed by atoms with Gasteiger partial charge >= 0.3 is 0 Å². The van der Waals surface area contributed by atoms with Crippen LogP contribution in [0.1, 0.15) is 44.0 Å². The Morgan fingerprint density at radius 1 is 1.21 bits per heavy atom. The minimum atomic E-state index is 0. The molecule has 5 nitrogen and oxygen atoms in total. The monoisotopic (exact) mass is 356 g/mol. The molecule has 6 heteroatoms. The first kappa shape index (κ1) is 20.6. The van der Waals surface area contributed by atoms with Gasteiger partial charge < -0.3 is 19.7 Å². The second-order valence-corrected chi connectivity index (χ2v) is 5.91. The lowest BCUT2D eigenvalue weighted by molar-refractivity contribution is 0.0655. The zero-order valence-corrected chi connectivity index (χ0v) is 15.7. The number of hydrogen-bond donors (Lipinski definition) is 1. The smallest absolute Gasteiger partial charge is 0.254 e. The molecular formula is C18H29ClN2O3. The Hall–Kier alpha value is -1.46. The summed E-state index contributed by atoms with van der Waals surface area (Å²) in [7, 11) is 0. The van der Waals surface area contributed by atoms with Crippen LogP contribution in [0, 0.1) is 0 Å². The van der Waals surface area contributed by atoms with Crippen LogP contribution in [0.25, 0.3) is 0 Å². The lowest BCUT2D eigenvalue weighted by Crippen LogP contribution is -2.52. The summed E-state index contributed by atoms with van der Waals surface area (Å²) in [6.45, 7) is 9.86. The number of carbonyl (C=O) groups is 1. The highest BCUT2D eigenvalue weighted by atomic mass is 35.5. The SMILES string of the molecule is CCCOc1ccc(C(=O)N2CCNCC2C)cc1OCCC.Cl. The van der Waals surface area contributed by atoms with Crippen molar-refractivity contribution in [3.63, 3.8) is 0 Å². The van der Waals surface area contributed by atoms with Crippen molar-refractivity contribution in [2.75, 3.05) is 32.8 Å². The Kier molecular flexibility index (Phi) is 8.93.